The highest BCUT2D eigenvalue weighted by Crippen LogP contribution is 2.69. The summed E-state index contributed by atoms with van der Waals surface area (Å²) in [6.07, 6.45) is 0.814. The van der Waals surface area contributed by atoms with E-state index in [2.05, 4.69) is 27.0 Å². The van der Waals surface area contributed by atoms with Gasteiger partial charge in [0, 0.05) is 36.1 Å². The number of thioether (sulfide) groups is 1. The van der Waals surface area contributed by atoms with Crippen LogP contribution in [0.15, 0.2) is 81.0 Å². The first kappa shape index (κ1) is 28.0. The number of hydrogen-bond donors (Lipinski definition) is 1. The molecule has 2 bridgehead atoms. The minimum atomic E-state index is -0.389. The Labute approximate surface area is 273 Å². The zero-order valence-corrected chi connectivity index (χ0v) is 27.1. The summed E-state index contributed by atoms with van der Waals surface area (Å²) < 4.78 is 7.34. The maximum atomic E-state index is 14.0. The van der Waals surface area contributed by atoms with Crippen molar-refractivity contribution in [2.75, 3.05) is 4.90 Å². The number of thiazole rings is 1. The second-order valence-corrected chi connectivity index (χ2v) is 15.5. The Morgan fingerprint density at radius 1 is 0.907 bits per heavy atom. The van der Waals surface area contributed by atoms with E-state index in [1.165, 1.54) is 16.2 Å². The summed E-state index contributed by atoms with van der Waals surface area (Å²) in [6, 6.07) is 20.4. The third kappa shape index (κ3) is 4.45. The van der Waals surface area contributed by atoms with Gasteiger partial charge in [0.15, 0.2) is 0 Å². The molecular weight excluding hydrogens is 691 g/mol. The number of carbonyl (C=O) groups is 2. The minimum Gasteiger partial charge on any atom is -0.489 e. The van der Waals surface area contributed by atoms with Crippen LogP contribution in [0.3, 0.4) is 0 Å². The van der Waals surface area contributed by atoms with E-state index in [-0.39, 0.29) is 57.4 Å². The summed E-state index contributed by atoms with van der Waals surface area (Å²) in [5, 5.41) is 2.16. The Morgan fingerprint density at radius 3 is 2.30 bits per heavy atom. The second kappa shape index (κ2) is 10.5. The lowest BCUT2D eigenvalue weighted by Crippen LogP contribution is -2.42. The number of carbonyl (C=O) groups excluding carboxylic acids is 2. The average Bonchev–Trinajstić information content (AvgIpc) is 3.73. The summed E-state index contributed by atoms with van der Waals surface area (Å²) in [7, 11) is 0. The fourth-order valence-electron chi connectivity index (χ4n) is 7.85. The molecule has 3 fully saturated rings. The largest absolute Gasteiger partial charge is 0.489 e. The van der Waals surface area contributed by atoms with Crippen LogP contribution >= 0.6 is 62.2 Å². The average molecular weight is 714 g/mol. The molecule has 4 aliphatic rings. The highest BCUT2D eigenvalue weighted by atomic mass is 79.9. The van der Waals surface area contributed by atoms with Crippen molar-refractivity contribution in [1.29, 1.82) is 0 Å². The van der Waals surface area contributed by atoms with E-state index in [1.807, 2.05) is 36.4 Å². The summed E-state index contributed by atoms with van der Waals surface area (Å²) in [5.41, 5.74) is 2.53. The maximum Gasteiger partial charge on any atom is 0.305 e. The van der Waals surface area contributed by atoms with Crippen LogP contribution in [0.1, 0.15) is 28.3 Å². The Morgan fingerprint density at radius 2 is 1.58 bits per heavy atom. The highest BCUT2D eigenvalue weighted by molar-refractivity contribution is 9.10. The predicted octanol–water partition coefficient (Wildman–Crippen LogP) is 7.76. The van der Waals surface area contributed by atoms with Crippen molar-refractivity contribution >= 4 is 79.7 Å². The van der Waals surface area contributed by atoms with E-state index in [1.54, 1.807) is 36.0 Å². The topological polar surface area (TPSA) is 79.5 Å². The highest BCUT2D eigenvalue weighted by Gasteiger charge is 2.69. The number of aromatic nitrogens is 1. The van der Waals surface area contributed by atoms with Gasteiger partial charge in [0.25, 0.3) is 0 Å². The van der Waals surface area contributed by atoms with Gasteiger partial charge in [-0.05, 0) is 84.3 Å². The quantitative estimate of drug-likeness (QED) is 0.214. The number of amides is 2. The van der Waals surface area contributed by atoms with Gasteiger partial charge in [0.05, 0.1) is 22.5 Å². The van der Waals surface area contributed by atoms with Crippen LogP contribution in [-0.4, -0.2) is 22.0 Å². The molecule has 6 nitrogen and oxygen atoms in total. The molecule has 3 aromatic carbocycles. The lowest BCUT2D eigenvalue weighted by molar-refractivity contribution is -0.123. The fraction of sp³-hybridized carbons (Fsp3) is 0.281. The molecule has 2 aliphatic carbocycles. The molecular formula is C32H23BrCl2N2O4S2. The Balaban J connectivity index is 1.20. The lowest BCUT2D eigenvalue weighted by atomic mass is 9.68. The van der Waals surface area contributed by atoms with Crippen molar-refractivity contribution in [3.8, 4) is 5.75 Å². The van der Waals surface area contributed by atoms with E-state index >= 15 is 0 Å². The molecule has 3 heterocycles. The lowest BCUT2D eigenvalue weighted by Gasteiger charge is -2.43. The molecule has 1 saturated heterocycles. The number of hydrogen-bond acceptors (Lipinski definition) is 6. The fourth-order valence-corrected chi connectivity index (χ4v) is 11.4. The molecule has 2 aliphatic heterocycles. The number of rotatable bonds is 5. The number of halogens is 3. The van der Waals surface area contributed by atoms with Crippen LogP contribution in [0.25, 0.3) is 0 Å². The van der Waals surface area contributed by atoms with Gasteiger partial charge >= 0.3 is 4.87 Å². The molecule has 7 atom stereocenters. The summed E-state index contributed by atoms with van der Waals surface area (Å²) in [6.45, 7) is 0.359. The standard InChI is InChI=1S/C32H23BrCl2N2O4S2/c33-15-3-10-22(41-13-14-1-4-16(34)5-2-14)19(11-15)23-24-20-12-21(27(24)42-29-28(23)43-32(40)36-29)26-25(20)30(38)37(31(26)39)18-8-6-17(35)7-9-18/h1-11,20-21,23-27H,12-13H2,(H,36,40)/t20-,21-,23+,24+,25+,26+,27-/m1/s1. The van der Waals surface area contributed by atoms with E-state index < -0.39 is 0 Å². The monoisotopic (exact) mass is 712 g/mol. The summed E-state index contributed by atoms with van der Waals surface area (Å²) in [5.74, 6) is -0.346. The molecule has 43 heavy (non-hydrogen) atoms. The number of nitrogens with zero attached hydrogens (tertiary/aromatic N) is 1. The Hall–Kier alpha value is -2.56. The number of aromatic amines is 1. The number of fused-ring (bicyclic) bond motifs is 9. The van der Waals surface area contributed by atoms with Gasteiger partial charge in [0.2, 0.25) is 11.8 Å². The number of H-pyrrole nitrogens is 1. The van der Waals surface area contributed by atoms with Crippen molar-refractivity contribution in [1.82, 2.24) is 4.98 Å². The van der Waals surface area contributed by atoms with Gasteiger partial charge < -0.3 is 9.72 Å². The van der Waals surface area contributed by atoms with Crippen molar-refractivity contribution in [3.63, 3.8) is 0 Å². The molecule has 0 unspecified atom stereocenters. The molecule has 8 rings (SSSR count). The molecule has 2 saturated carbocycles. The van der Waals surface area contributed by atoms with Gasteiger partial charge in [-0.15, -0.1) is 11.8 Å². The van der Waals surface area contributed by atoms with Gasteiger partial charge in [-0.1, -0.05) is 62.6 Å². The molecule has 4 aromatic rings. The number of ether oxygens (including phenoxy) is 1. The molecule has 1 N–H and O–H groups in total. The van der Waals surface area contributed by atoms with Gasteiger partial charge in [0.1, 0.15) is 12.4 Å². The molecule has 2 amide bonds. The normalized spacial score (nSPS) is 28.6. The van der Waals surface area contributed by atoms with E-state index in [4.69, 9.17) is 27.9 Å². The van der Waals surface area contributed by atoms with E-state index in [9.17, 15) is 14.4 Å². The van der Waals surface area contributed by atoms with Crippen LogP contribution in [0.4, 0.5) is 5.69 Å². The van der Waals surface area contributed by atoms with Crippen molar-refractivity contribution in [2.45, 2.75) is 29.2 Å². The van der Waals surface area contributed by atoms with Crippen LogP contribution < -0.4 is 14.5 Å². The minimum absolute atomic E-state index is 0.000279. The predicted molar refractivity (Wildman–Crippen MR) is 172 cm³/mol. The Bertz CT molecular complexity index is 1840. The summed E-state index contributed by atoms with van der Waals surface area (Å²) >= 11 is 18.8. The molecule has 218 valence electrons. The third-order valence-electron chi connectivity index (χ3n) is 9.42. The zero-order valence-electron chi connectivity index (χ0n) is 22.3. The van der Waals surface area contributed by atoms with Crippen molar-refractivity contribution in [2.24, 2.45) is 29.6 Å². The van der Waals surface area contributed by atoms with E-state index in [0.717, 1.165) is 37.7 Å². The molecule has 0 radical (unpaired) electrons. The smallest absolute Gasteiger partial charge is 0.305 e. The number of nitrogens with one attached hydrogen (secondary N) is 1. The van der Waals surface area contributed by atoms with E-state index in [0.29, 0.717) is 22.3 Å². The number of imide groups is 1. The number of anilines is 1. The van der Waals surface area contributed by atoms with Gasteiger partial charge in [-0.25, -0.2) is 0 Å². The molecule has 11 heteroatoms. The van der Waals surface area contributed by atoms with Crippen LogP contribution in [0.5, 0.6) is 5.75 Å². The van der Waals surface area contributed by atoms with Crippen molar-refractivity contribution < 1.29 is 14.3 Å². The first-order valence-corrected chi connectivity index (χ1v) is 17.2. The SMILES string of the molecule is O=C1[C@H]2[C@H]3C[C@@H]([C@@H]2C(=O)N1c1ccc(Cl)cc1)[C@H]1[C@H](c2cc(Br)ccc2OCc2ccc(Cl)cc2)c2sc(=O)[nH]c2S[C@H]31. The third-order valence-corrected chi connectivity index (χ3v) is 13.0. The molecule has 1 aromatic heterocycles. The van der Waals surface area contributed by atoms with Gasteiger partial charge in [-0.3, -0.25) is 19.3 Å². The second-order valence-electron chi connectivity index (χ2n) is 11.5. The Kier molecular flexibility index (Phi) is 6.84. The van der Waals surface area contributed by atoms with Crippen LogP contribution in [0.2, 0.25) is 10.0 Å². The van der Waals surface area contributed by atoms with Gasteiger partial charge in [-0.2, -0.15) is 0 Å². The first-order valence-electron chi connectivity index (χ1n) is 14.0. The van der Waals surface area contributed by atoms with Crippen molar-refractivity contribution in [3.05, 3.63) is 107 Å². The maximum absolute atomic E-state index is 14.0. The first-order chi connectivity index (χ1) is 20.8. The molecule has 0 spiro atoms. The van der Waals surface area contributed by atoms with Crippen LogP contribution in [-0.2, 0) is 16.2 Å². The summed E-state index contributed by atoms with van der Waals surface area (Å²) in [4.78, 5) is 45.9. The zero-order chi connectivity index (χ0) is 29.6. The van der Waals surface area contributed by atoms with Crippen LogP contribution in [0, 0.1) is 29.6 Å². The number of benzene rings is 3.